The molecule has 0 saturated heterocycles. The van der Waals surface area contributed by atoms with E-state index < -0.39 is 0 Å². The Morgan fingerprint density at radius 1 is 1.06 bits per heavy atom. The molecule has 0 unspecified atom stereocenters. The molecule has 84 valence electrons. The van der Waals surface area contributed by atoms with Gasteiger partial charge >= 0.3 is 0 Å². The maximum Gasteiger partial charge on any atom is 0.0484 e. The lowest BCUT2D eigenvalue weighted by molar-refractivity contribution is 0.411. The van der Waals surface area contributed by atoms with Gasteiger partial charge in [-0.1, -0.05) is 56.6 Å². The van der Waals surface area contributed by atoms with Gasteiger partial charge in [0.25, 0.3) is 0 Å². The first-order valence-electron chi connectivity index (χ1n) is 5.63. The molecule has 0 radical (unpaired) electrons. The summed E-state index contributed by atoms with van der Waals surface area (Å²) in [5.74, 6) is 0. The van der Waals surface area contributed by atoms with Crippen molar-refractivity contribution in [2.45, 2.75) is 27.2 Å². The van der Waals surface area contributed by atoms with Gasteiger partial charge in [0, 0.05) is 10.4 Å². The minimum Gasteiger partial charge on any atom is -0.0837 e. The third-order valence-corrected chi connectivity index (χ3v) is 2.96. The van der Waals surface area contributed by atoms with E-state index in [1.54, 1.807) is 0 Å². The van der Waals surface area contributed by atoms with Crippen LogP contribution in [0.2, 0.25) is 5.02 Å². The van der Waals surface area contributed by atoms with Gasteiger partial charge in [-0.15, -0.1) is 0 Å². The quantitative estimate of drug-likeness (QED) is 0.643. The molecule has 16 heavy (non-hydrogen) atoms. The summed E-state index contributed by atoms with van der Waals surface area (Å²) in [7, 11) is 0. The Kier molecular flexibility index (Phi) is 2.94. The van der Waals surface area contributed by atoms with Crippen LogP contribution < -0.4 is 0 Å². The standard InChI is InChI=1S/C15H17Cl/c1-15(2,3)10-11-7-8-12-5-4-6-14(16)13(12)9-11/h4-9H,10H2,1-3H3. The SMILES string of the molecule is CC(C)(C)Cc1ccc2cccc(Cl)c2c1. The van der Waals surface area contributed by atoms with Gasteiger partial charge in [0.05, 0.1) is 0 Å². The van der Waals surface area contributed by atoms with Crippen LogP contribution >= 0.6 is 11.6 Å². The van der Waals surface area contributed by atoms with Crippen molar-refractivity contribution in [3.63, 3.8) is 0 Å². The molecule has 0 saturated carbocycles. The predicted molar refractivity (Wildman–Crippen MR) is 72.1 cm³/mol. The molecule has 2 aromatic rings. The average molecular weight is 233 g/mol. The molecule has 0 bridgehead atoms. The summed E-state index contributed by atoms with van der Waals surface area (Å²) < 4.78 is 0. The lowest BCUT2D eigenvalue weighted by atomic mass is 9.87. The topological polar surface area (TPSA) is 0 Å². The zero-order chi connectivity index (χ0) is 11.8. The molecule has 2 rings (SSSR count). The summed E-state index contributed by atoms with van der Waals surface area (Å²) in [4.78, 5) is 0. The third-order valence-electron chi connectivity index (χ3n) is 2.63. The number of fused-ring (bicyclic) bond motifs is 1. The fraction of sp³-hybridized carbons (Fsp3) is 0.333. The molecule has 0 heterocycles. The summed E-state index contributed by atoms with van der Waals surface area (Å²) in [6, 6.07) is 12.6. The second-order valence-electron chi connectivity index (χ2n) is 5.53. The maximum absolute atomic E-state index is 6.20. The van der Waals surface area contributed by atoms with E-state index in [2.05, 4.69) is 45.0 Å². The van der Waals surface area contributed by atoms with Gasteiger partial charge in [0.1, 0.15) is 0 Å². The molecule has 0 aliphatic rings. The fourth-order valence-electron chi connectivity index (χ4n) is 2.00. The Morgan fingerprint density at radius 2 is 1.81 bits per heavy atom. The molecule has 0 atom stereocenters. The summed E-state index contributed by atoms with van der Waals surface area (Å²) in [6.45, 7) is 6.76. The van der Waals surface area contributed by atoms with Gasteiger partial charge in [-0.05, 0) is 34.9 Å². The smallest absolute Gasteiger partial charge is 0.0484 e. The van der Waals surface area contributed by atoms with Crippen LogP contribution in [-0.4, -0.2) is 0 Å². The first-order chi connectivity index (χ1) is 7.46. The van der Waals surface area contributed by atoms with Crippen molar-refractivity contribution in [1.82, 2.24) is 0 Å². The molecule has 0 fully saturated rings. The van der Waals surface area contributed by atoms with Crippen molar-refractivity contribution in [2.75, 3.05) is 0 Å². The number of halogens is 1. The number of benzene rings is 2. The Bertz CT molecular complexity index is 506. The van der Waals surface area contributed by atoms with Crippen LogP contribution in [0.5, 0.6) is 0 Å². The van der Waals surface area contributed by atoms with Crippen molar-refractivity contribution < 1.29 is 0 Å². The molecule has 0 aliphatic heterocycles. The van der Waals surface area contributed by atoms with Crippen LogP contribution in [0.3, 0.4) is 0 Å². The monoisotopic (exact) mass is 232 g/mol. The van der Waals surface area contributed by atoms with Gasteiger partial charge < -0.3 is 0 Å². The maximum atomic E-state index is 6.20. The second kappa shape index (κ2) is 4.10. The van der Waals surface area contributed by atoms with E-state index in [-0.39, 0.29) is 0 Å². The van der Waals surface area contributed by atoms with Crippen LogP contribution in [-0.2, 0) is 6.42 Å². The Balaban J connectivity index is 2.47. The van der Waals surface area contributed by atoms with Crippen LogP contribution in [0.4, 0.5) is 0 Å². The highest BCUT2D eigenvalue weighted by molar-refractivity contribution is 6.35. The van der Waals surface area contributed by atoms with E-state index in [1.165, 1.54) is 10.9 Å². The summed E-state index contributed by atoms with van der Waals surface area (Å²) >= 11 is 6.20. The second-order valence-corrected chi connectivity index (χ2v) is 5.94. The molecular weight excluding hydrogens is 216 g/mol. The summed E-state index contributed by atoms with van der Waals surface area (Å²) in [6.07, 6.45) is 1.08. The Hall–Kier alpha value is -1.01. The van der Waals surface area contributed by atoms with E-state index in [1.807, 2.05) is 12.1 Å². The molecule has 0 aromatic heterocycles. The normalized spacial score (nSPS) is 12.0. The van der Waals surface area contributed by atoms with Crippen LogP contribution in [0, 0.1) is 5.41 Å². The molecule has 1 heteroatoms. The van der Waals surface area contributed by atoms with Crippen LogP contribution in [0.15, 0.2) is 36.4 Å². The molecule has 0 aliphatic carbocycles. The zero-order valence-corrected chi connectivity index (χ0v) is 10.8. The van der Waals surface area contributed by atoms with Crippen molar-refractivity contribution in [1.29, 1.82) is 0 Å². The highest BCUT2D eigenvalue weighted by Gasteiger charge is 2.11. The van der Waals surface area contributed by atoms with Gasteiger partial charge in [0.2, 0.25) is 0 Å². The largest absolute Gasteiger partial charge is 0.0837 e. The summed E-state index contributed by atoms with van der Waals surface area (Å²) in [5, 5.41) is 3.21. The molecule has 2 aromatic carbocycles. The fourth-order valence-corrected chi connectivity index (χ4v) is 2.24. The highest BCUT2D eigenvalue weighted by atomic mass is 35.5. The average Bonchev–Trinajstić information content (AvgIpc) is 2.17. The lowest BCUT2D eigenvalue weighted by Crippen LogP contribution is -2.08. The lowest BCUT2D eigenvalue weighted by Gasteiger charge is -2.18. The van der Waals surface area contributed by atoms with Gasteiger partial charge in [-0.25, -0.2) is 0 Å². The number of rotatable bonds is 1. The van der Waals surface area contributed by atoms with Gasteiger partial charge in [-0.2, -0.15) is 0 Å². The molecular formula is C15H17Cl. The summed E-state index contributed by atoms with van der Waals surface area (Å²) in [5.41, 5.74) is 1.67. The van der Waals surface area contributed by atoms with Crippen LogP contribution in [0.25, 0.3) is 10.8 Å². The van der Waals surface area contributed by atoms with E-state index in [0.717, 1.165) is 16.8 Å². The first kappa shape index (κ1) is 11.5. The van der Waals surface area contributed by atoms with Gasteiger partial charge in [-0.3, -0.25) is 0 Å². The first-order valence-corrected chi connectivity index (χ1v) is 6.01. The predicted octanol–water partition coefficient (Wildman–Crippen LogP) is 5.08. The molecule has 0 nitrogen and oxygen atoms in total. The molecule has 0 N–H and O–H groups in total. The van der Waals surface area contributed by atoms with Crippen LogP contribution in [0.1, 0.15) is 26.3 Å². The van der Waals surface area contributed by atoms with Gasteiger partial charge in [0.15, 0.2) is 0 Å². The van der Waals surface area contributed by atoms with Crippen molar-refractivity contribution in [3.05, 3.63) is 47.0 Å². The van der Waals surface area contributed by atoms with E-state index in [0.29, 0.717) is 5.41 Å². The van der Waals surface area contributed by atoms with Crippen molar-refractivity contribution in [3.8, 4) is 0 Å². The van der Waals surface area contributed by atoms with Crippen molar-refractivity contribution >= 4 is 22.4 Å². The highest BCUT2D eigenvalue weighted by Crippen LogP contribution is 2.27. The minimum atomic E-state index is 0.314. The minimum absolute atomic E-state index is 0.314. The number of hydrogen-bond donors (Lipinski definition) is 0. The van der Waals surface area contributed by atoms with Crippen molar-refractivity contribution in [2.24, 2.45) is 5.41 Å². The Morgan fingerprint density at radius 3 is 2.50 bits per heavy atom. The molecule has 0 spiro atoms. The third kappa shape index (κ3) is 2.56. The Labute approximate surface area is 102 Å². The zero-order valence-electron chi connectivity index (χ0n) is 10.0. The van der Waals surface area contributed by atoms with E-state index in [4.69, 9.17) is 11.6 Å². The van der Waals surface area contributed by atoms with E-state index >= 15 is 0 Å². The molecule has 0 amide bonds. The van der Waals surface area contributed by atoms with E-state index in [9.17, 15) is 0 Å². The number of hydrogen-bond acceptors (Lipinski definition) is 0.